The van der Waals surface area contributed by atoms with Crippen LogP contribution >= 0.6 is 0 Å². The van der Waals surface area contributed by atoms with Crippen LogP contribution in [0.3, 0.4) is 0 Å². The van der Waals surface area contributed by atoms with Crippen LogP contribution in [-0.4, -0.2) is 52.0 Å². The highest BCUT2D eigenvalue weighted by atomic mass is 16.6. The fraction of sp³-hybridized carbons (Fsp3) is 0.750. The maximum absolute atomic E-state index is 12.3. The molecule has 0 aromatic carbocycles. The van der Waals surface area contributed by atoms with Crippen molar-refractivity contribution < 1.29 is 9.47 Å². The molecule has 3 heterocycles. The lowest BCUT2D eigenvalue weighted by atomic mass is 9.98. The molecule has 1 aromatic rings. The maximum Gasteiger partial charge on any atom is 0.330 e. The van der Waals surface area contributed by atoms with Gasteiger partial charge in [-0.2, -0.15) is 0 Å². The average molecular weight is 323 g/mol. The van der Waals surface area contributed by atoms with Gasteiger partial charge in [0.15, 0.2) is 0 Å². The molecular weight excluding hydrogens is 298 g/mol. The minimum atomic E-state index is -0.298. The van der Waals surface area contributed by atoms with Gasteiger partial charge in [0, 0.05) is 58.5 Å². The monoisotopic (exact) mass is 323 g/mol. The quantitative estimate of drug-likeness (QED) is 0.774. The number of aromatic nitrogens is 2. The van der Waals surface area contributed by atoms with Gasteiger partial charge in [0.05, 0.1) is 12.7 Å². The highest BCUT2D eigenvalue weighted by Gasteiger charge is 2.43. The minimum absolute atomic E-state index is 0.154. The van der Waals surface area contributed by atoms with Gasteiger partial charge in [-0.25, -0.2) is 4.79 Å². The Morgan fingerprint density at radius 1 is 1.35 bits per heavy atom. The molecule has 1 spiro atoms. The summed E-state index contributed by atoms with van der Waals surface area (Å²) < 4.78 is 14.4. The Labute approximate surface area is 135 Å². The normalized spacial score (nSPS) is 28.6. The van der Waals surface area contributed by atoms with Crippen molar-refractivity contribution in [3.05, 3.63) is 32.6 Å². The SMILES string of the molecule is CCC1CN(Cc2cn(C)c(=O)n(C)c2=O)CC2(CCOC2)O1. The van der Waals surface area contributed by atoms with Gasteiger partial charge in [-0.1, -0.05) is 6.92 Å². The fourth-order valence-electron chi connectivity index (χ4n) is 3.56. The molecule has 0 radical (unpaired) electrons. The van der Waals surface area contributed by atoms with E-state index in [4.69, 9.17) is 9.47 Å². The van der Waals surface area contributed by atoms with E-state index < -0.39 is 0 Å². The van der Waals surface area contributed by atoms with Crippen LogP contribution in [0.5, 0.6) is 0 Å². The van der Waals surface area contributed by atoms with Crippen LogP contribution in [0.1, 0.15) is 25.3 Å². The van der Waals surface area contributed by atoms with Crippen LogP contribution in [0.4, 0.5) is 0 Å². The molecule has 1 aromatic heterocycles. The van der Waals surface area contributed by atoms with Crippen molar-refractivity contribution in [3.63, 3.8) is 0 Å². The average Bonchev–Trinajstić information content (AvgIpc) is 2.97. The van der Waals surface area contributed by atoms with Crippen molar-refractivity contribution in [2.75, 3.05) is 26.3 Å². The fourth-order valence-corrected chi connectivity index (χ4v) is 3.56. The molecule has 2 saturated heterocycles. The first-order chi connectivity index (χ1) is 10.9. The topological polar surface area (TPSA) is 65.7 Å². The van der Waals surface area contributed by atoms with E-state index in [0.29, 0.717) is 18.7 Å². The number of nitrogens with zero attached hydrogens (tertiary/aromatic N) is 3. The van der Waals surface area contributed by atoms with Crippen molar-refractivity contribution in [1.82, 2.24) is 14.0 Å². The van der Waals surface area contributed by atoms with Gasteiger partial charge in [0.25, 0.3) is 5.56 Å². The maximum atomic E-state index is 12.3. The number of aryl methyl sites for hydroxylation is 1. The summed E-state index contributed by atoms with van der Waals surface area (Å²) in [5.74, 6) is 0. The third kappa shape index (κ3) is 3.13. The van der Waals surface area contributed by atoms with Gasteiger partial charge in [0.1, 0.15) is 5.60 Å². The zero-order chi connectivity index (χ0) is 16.6. The highest BCUT2D eigenvalue weighted by Crippen LogP contribution is 2.31. The van der Waals surface area contributed by atoms with Gasteiger partial charge in [-0.3, -0.25) is 14.3 Å². The Morgan fingerprint density at radius 3 is 2.78 bits per heavy atom. The van der Waals surface area contributed by atoms with Gasteiger partial charge < -0.3 is 14.0 Å². The van der Waals surface area contributed by atoms with E-state index in [2.05, 4.69) is 11.8 Å². The van der Waals surface area contributed by atoms with Crippen LogP contribution in [0.15, 0.2) is 15.8 Å². The molecule has 0 amide bonds. The van der Waals surface area contributed by atoms with Crippen LogP contribution < -0.4 is 11.2 Å². The molecule has 2 aliphatic heterocycles. The Kier molecular flexibility index (Phi) is 4.44. The molecule has 23 heavy (non-hydrogen) atoms. The predicted octanol–water partition coefficient (Wildman–Crippen LogP) is -0.146. The van der Waals surface area contributed by atoms with Crippen LogP contribution in [-0.2, 0) is 30.1 Å². The van der Waals surface area contributed by atoms with Gasteiger partial charge in [0.2, 0.25) is 0 Å². The summed E-state index contributed by atoms with van der Waals surface area (Å²) in [6.45, 7) is 5.54. The summed E-state index contributed by atoms with van der Waals surface area (Å²) in [7, 11) is 3.19. The standard InChI is InChI=1S/C16H25N3O4/c1-4-13-9-19(10-16(23-13)5-6-22-11-16)8-12-7-17(2)15(21)18(3)14(12)20/h7,13H,4-6,8-11H2,1-3H3. The molecule has 0 bridgehead atoms. The van der Waals surface area contributed by atoms with Crippen LogP contribution in [0.2, 0.25) is 0 Å². The van der Waals surface area contributed by atoms with Crippen molar-refractivity contribution in [2.24, 2.45) is 14.1 Å². The molecule has 128 valence electrons. The van der Waals surface area contributed by atoms with E-state index in [1.165, 1.54) is 16.2 Å². The molecular formula is C16H25N3O4. The first-order valence-electron chi connectivity index (χ1n) is 8.17. The third-order valence-corrected chi connectivity index (χ3v) is 4.82. The second-order valence-corrected chi connectivity index (χ2v) is 6.72. The van der Waals surface area contributed by atoms with Gasteiger partial charge in [-0.05, 0) is 6.42 Å². The Balaban J connectivity index is 1.84. The second kappa shape index (κ2) is 6.22. The molecule has 2 aliphatic rings. The third-order valence-electron chi connectivity index (χ3n) is 4.82. The highest BCUT2D eigenvalue weighted by molar-refractivity contribution is 5.07. The lowest BCUT2D eigenvalue weighted by molar-refractivity contribution is -0.156. The lowest BCUT2D eigenvalue weighted by Crippen LogP contribution is -2.56. The van der Waals surface area contributed by atoms with Crippen molar-refractivity contribution >= 4 is 0 Å². The number of hydrogen-bond donors (Lipinski definition) is 0. The molecule has 7 nitrogen and oxygen atoms in total. The number of ether oxygens (including phenoxy) is 2. The van der Waals surface area contributed by atoms with Crippen LogP contribution in [0, 0.1) is 0 Å². The van der Waals surface area contributed by atoms with E-state index in [9.17, 15) is 9.59 Å². The second-order valence-electron chi connectivity index (χ2n) is 6.72. The smallest absolute Gasteiger partial charge is 0.330 e. The molecule has 0 saturated carbocycles. The first kappa shape index (κ1) is 16.4. The Bertz CT molecular complexity index is 688. The zero-order valence-electron chi connectivity index (χ0n) is 14.1. The first-order valence-corrected chi connectivity index (χ1v) is 8.17. The summed E-state index contributed by atoms with van der Waals surface area (Å²) in [5.41, 5.74) is -0.122. The summed E-state index contributed by atoms with van der Waals surface area (Å²) in [5, 5.41) is 0. The van der Waals surface area contributed by atoms with Crippen molar-refractivity contribution in [3.8, 4) is 0 Å². The van der Waals surface area contributed by atoms with Crippen molar-refractivity contribution in [1.29, 1.82) is 0 Å². The molecule has 2 atom stereocenters. The van der Waals surface area contributed by atoms with E-state index >= 15 is 0 Å². The van der Waals surface area contributed by atoms with E-state index in [1.54, 1.807) is 13.2 Å². The number of rotatable bonds is 3. The molecule has 3 rings (SSSR count). The van der Waals surface area contributed by atoms with Crippen LogP contribution in [0.25, 0.3) is 0 Å². The van der Waals surface area contributed by atoms with Crippen molar-refractivity contribution in [2.45, 2.75) is 38.0 Å². The number of morpholine rings is 1. The summed E-state index contributed by atoms with van der Waals surface area (Å²) >= 11 is 0. The lowest BCUT2D eigenvalue weighted by Gasteiger charge is -2.43. The summed E-state index contributed by atoms with van der Waals surface area (Å²) in [4.78, 5) is 26.4. The zero-order valence-corrected chi connectivity index (χ0v) is 14.1. The Hall–Kier alpha value is -1.44. The Morgan fingerprint density at radius 2 is 2.13 bits per heavy atom. The molecule has 0 aliphatic carbocycles. The van der Waals surface area contributed by atoms with E-state index in [-0.39, 0.29) is 23.0 Å². The molecule has 7 heteroatoms. The number of hydrogen-bond acceptors (Lipinski definition) is 5. The minimum Gasteiger partial charge on any atom is -0.378 e. The molecule has 2 fully saturated rings. The van der Waals surface area contributed by atoms with Gasteiger partial charge >= 0.3 is 5.69 Å². The van der Waals surface area contributed by atoms with E-state index in [1.807, 2.05) is 0 Å². The summed E-state index contributed by atoms with van der Waals surface area (Å²) in [6, 6.07) is 0. The summed E-state index contributed by atoms with van der Waals surface area (Å²) in [6.07, 6.45) is 3.63. The molecule has 0 N–H and O–H groups in total. The van der Waals surface area contributed by atoms with E-state index in [0.717, 1.165) is 32.5 Å². The predicted molar refractivity (Wildman–Crippen MR) is 85.5 cm³/mol. The largest absolute Gasteiger partial charge is 0.378 e. The molecule has 2 unspecified atom stereocenters. The van der Waals surface area contributed by atoms with Gasteiger partial charge in [-0.15, -0.1) is 0 Å².